The zero-order valence-electron chi connectivity index (χ0n) is 14.5. The second-order valence-corrected chi connectivity index (χ2v) is 8.27. The summed E-state index contributed by atoms with van der Waals surface area (Å²) in [5.74, 6) is 2.10. The first-order valence-electron chi connectivity index (χ1n) is 8.53. The number of nitrogens with zero attached hydrogens (tertiary/aromatic N) is 1. The summed E-state index contributed by atoms with van der Waals surface area (Å²) in [6.45, 7) is 23.1. The molecular formula is C20H33N. The highest BCUT2D eigenvalue weighted by Gasteiger charge is 2.32. The van der Waals surface area contributed by atoms with Crippen LogP contribution in [0.5, 0.6) is 0 Å². The molecule has 1 nitrogen and oxygen atoms in total. The van der Waals surface area contributed by atoms with Crippen LogP contribution in [0.1, 0.15) is 59.8 Å². The minimum absolute atomic E-state index is 0.254. The van der Waals surface area contributed by atoms with Gasteiger partial charge >= 0.3 is 0 Å². The van der Waals surface area contributed by atoms with Crippen molar-refractivity contribution in [3.8, 4) is 0 Å². The number of rotatable bonds is 3. The lowest BCUT2D eigenvalue weighted by molar-refractivity contribution is 0.235. The molecular weight excluding hydrogens is 254 g/mol. The molecule has 2 rings (SSSR count). The molecule has 1 saturated heterocycles. The summed E-state index contributed by atoms with van der Waals surface area (Å²) in [6.07, 6.45) is 6.36. The second-order valence-electron chi connectivity index (χ2n) is 8.27. The molecule has 21 heavy (non-hydrogen) atoms. The Labute approximate surface area is 131 Å². The zero-order valence-corrected chi connectivity index (χ0v) is 14.5. The molecule has 1 aliphatic carbocycles. The Balaban J connectivity index is 1.86. The molecule has 1 heterocycles. The van der Waals surface area contributed by atoms with Gasteiger partial charge in [0.1, 0.15) is 0 Å². The Morgan fingerprint density at radius 1 is 1.14 bits per heavy atom. The molecule has 2 aliphatic rings. The molecule has 1 unspecified atom stereocenters. The summed E-state index contributed by atoms with van der Waals surface area (Å²) in [6, 6.07) is 0. The molecule has 0 aromatic rings. The number of hydrogen-bond acceptors (Lipinski definition) is 1. The molecule has 2 fully saturated rings. The van der Waals surface area contributed by atoms with Crippen LogP contribution in [-0.2, 0) is 0 Å². The Kier molecular flexibility index (Phi) is 4.70. The van der Waals surface area contributed by atoms with E-state index in [9.17, 15) is 0 Å². The monoisotopic (exact) mass is 287 g/mol. The fraction of sp³-hybridized carbons (Fsp3) is 0.700. The third kappa shape index (κ3) is 3.62. The quantitative estimate of drug-likeness (QED) is 0.596. The fourth-order valence-corrected chi connectivity index (χ4v) is 3.86. The molecule has 0 bridgehead atoms. The summed E-state index contributed by atoms with van der Waals surface area (Å²) in [7, 11) is 0. The molecule has 1 saturated carbocycles. The molecule has 1 aliphatic heterocycles. The van der Waals surface area contributed by atoms with Crippen LogP contribution in [-0.4, -0.2) is 11.4 Å². The molecule has 0 aromatic carbocycles. The van der Waals surface area contributed by atoms with Gasteiger partial charge < -0.3 is 4.90 Å². The summed E-state index contributed by atoms with van der Waals surface area (Å²) < 4.78 is 0. The van der Waals surface area contributed by atoms with Gasteiger partial charge in [0.15, 0.2) is 0 Å². The summed E-state index contributed by atoms with van der Waals surface area (Å²) >= 11 is 0. The van der Waals surface area contributed by atoms with Gasteiger partial charge in [-0.15, -0.1) is 0 Å². The largest absolute Gasteiger partial charge is 0.349 e. The molecule has 0 aromatic heterocycles. The second kappa shape index (κ2) is 6.02. The SMILES string of the molecule is C=C1CC(C)C(=C)N1CC1CCC(C(=C)C(C)(C)C)CC1. The summed E-state index contributed by atoms with van der Waals surface area (Å²) in [4.78, 5) is 2.40. The number of likely N-dealkylation sites (tertiary alicyclic amines) is 1. The van der Waals surface area contributed by atoms with Crippen LogP contribution in [0.2, 0.25) is 0 Å². The van der Waals surface area contributed by atoms with Gasteiger partial charge in [0.2, 0.25) is 0 Å². The predicted molar refractivity (Wildman–Crippen MR) is 92.8 cm³/mol. The van der Waals surface area contributed by atoms with E-state index in [1.54, 1.807) is 0 Å². The van der Waals surface area contributed by atoms with Crippen LogP contribution in [0.25, 0.3) is 0 Å². The van der Waals surface area contributed by atoms with E-state index in [0.29, 0.717) is 5.92 Å². The predicted octanol–water partition coefficient (Wildman–Crippen LogP) is 5.76. The van der Waals surface area contributed by atoms with E-state index in [4.69, 9.17) is 0 Å². The van der Waals surface area contributed by atoms with Crippen molar-refractivity contribution < 1.29 is 0 Å². The first kappa shape index (κ1) is 16.4. The van der Waals surface area contributed by atoms with Gasteiger partial charge in [-0.05, 0) is 49.4 Å². The minimum atomic E-state index is 0.254. The van der Waals surface area contributed by atoms with Crippen molar-refractivity contribution >= 4 is 0 Å². The summed E-state index contributed by atoms with van der Waals surface area (Å²) in [5.41, 5.74) is 4.25. The Hall–Kier alpha value is -0.980. The van der Waals surface area contributed by atoms with Crippen molar-refractivity contribution in [1.82, 2.24) is 4.90 Å². The maximum atomic E-state index is 4.37. The molecule has 1 atom stereocenters. The van der Waals surface area contributed by atoms with Crippen LogP contribution in [0, 0.1) is 23.2 Å². The standard InChI is InChI=1S/C20H33N/c1-14-12-15(2)21(17(14)4)13-18-8-10-19(11-9-18)16(3)20(5,6)7/h14,18-19H,2-4,8-13H2,1,5-7H3. The highest BCUT2D eigenvalue weighted by atomic mass is 15.2. The van der Waals surface area contributed by atoms with E-state index in [1.165, 1.54) is 42.7 Å². The minimum Gasteiger partial charge on any atom is -0.349 e. The van der Waals surface area contributed by atoms with Crippen LogP contribution in [0.3, 0.4) is 0 Å². The number of allylic oxidation sites excluding steroid dienone is 3. The van der Waals surface area contributed by atoms with Crippen molar-refractivity contribution in [2.24, 2.45) is 23.2 Å². The van der Waals surface area contributed by atoms with Crippen molar-refractivity contribution in [3.05, 3.63) is 36.7 Å². The van der Waals surface area contributed by atoms with Gasteiger partial charge in [-0.25, -0.2) is 0 Å². The molecule has 118 valence electrons. The van der Waals surface area contributed by atoms with Gasteiger partial charge in [0.25, 0.3) is 0 Å². The maximum Gasteiger partial charge on any atom is 0.0252 e. The third-order valence-corrected chi connectivity index (χ3v) is 5.58. The Morgan fingerprint density at radius 3 is 2.14 bits per heavy atom. The lowest BCUT2D eigenvalue weighted by atomic mass is 9.71. The van der Waals surface area contributed by atoms with E-state index in [1.807, 2.05) is 0 Å². The van der Waals surface area contributed by atoms with E-state index in [2.05, 4.69) is 52.3 Å². The average molecular weight is 287 g/mol. The van der Waals surface area contributed by atoms with Crippen molar-refractivity contribution in [3.63, 3.8) is 0 Å². The van der Waals surface area contributed by atoms with E-state index >= 15 is 0 Å². The van der Waals surface area contributed by atoms with Crippen LogP contribution < -0.4 is 0 Å². The topological polar surface area (TPSA) is 3.24 Å². The van der Waals surface area contributed by atoms with Crippen LogP contribution in [0.4, 0.5) is 0 Å². The zero-order chi connectivity index (χ0) is 15.8. The Morgan fingerprint density at radius 2 is 1.71 bits per heavy atom. The first-order valence-corrected chi connectivity index (χ1v) is 8.53. The highest BCUT2D eigenvalue weighted by molar-refractivity contribution is 5.19. The average Bonchev–Trinajstić information content (AvgIpc) is 2.64. The lowest BCUT2D eigenvalue weighted by Gasteiger charge is -2.37. The van der Waals surface area contributed by atoms with E-state index in [-0.39, 0.29) is 5.41 Å². The Bertz CT molecular complexity index is 429. The molecule has 0 radical (unpaired) electrons. The van der Waals surface area contributed by atoms with Gasteiger partial charge in [-0.3, -0.25) is 0 Å². The van der Waals surface area contributed by atoms with E-state index < -0.39 is 0 Å². The normalized spacial score (nSPS) is 30.9. The third-order valence-electron chi connectivity index (χ3n) is 5.58. The van der Waals surface area contributed by atoms with Gasteiger partial charge in [0, 0.05) is 23.9 Å². The van der Waals surface area contributed by atoms with Gasteiger partial charge in [0.05, 0.1) is 0 Å². The van der Waals surface area contributed by atoms with E-state index in [0.717, 1.165) is 24.8 Å². The fourth-order valence-electron chi connectivity index (χ4n) is 3.86. The maximum absolute atomic E-state index is 4.37. The van der Waals surface area contributed by atoms with Crippen molar-refractivity contribution in [2.45, 2.75) is 59.8 Å². The lowest BCUT2D eigenvalue weighted by Crippen LogP contribution is -2.29. The van der Waals surface area contributed by atoms with Crippen LogP contribution >= 0.6 is 0 Å². The smallest absolute Gasteiger partial charge is 0.0252 e. The molecule has 0 amide bonds. The van der Waals surface area contributed by atoms with Gasteiger partial charge in [-0.2, -0.15) is 0 Å². The molecule has 0 N–H and O–H groups in total. The number of hydrogen-bond donors (Lipinski definition) is 0. The van der Waals surface area contributed by atoms with Crippen molar-refractivity contribution in [1.29, 1.82) is 0 Å². The first-order chi connectivity index (χ1) is 9.70. The van der Waals surface area contributed by atoms with Gasteiger partial charge in [-0.1, -0.05) is 53.0 Å². The highest BCUT2D eigenvalue weighted by Crippen LogP contribution is 2.41. The summed E-state index contributed by atoms with van der Waals surface area (Å²) in [5, 5.41) is 0. The molecule has 1 heteroatoms. The van der Waals surface area contributed by atoms with Crippen molar-refractivity contribution in [2.75, 3.05) is 6.54 Å². The van der Waals surface area contributed by atoms with Crippen LogP contribution in [0.15, 0.2) is 36.7 Å². The molecule has 0 spiro atoms.